The first-order chi connectivity index (χ1) is 69.2. The van der Waals surface area contributed by atoms with Crippen LogP contribution in [0.1, 0.15) is 212 Å². The van der Waals surface area contributed by atoms with Gasteiger partial charge in [-0.3, -0.25) is 106 Å². The van der Waals surface area contributed by atoms with Crippen LogP contribution in [0, 0.1) is 40.9 Å². The van der Waals surface area contributed by atoms with E-state index in [1.807, 2.05) is 0 Å². The highest BCUT2D eigenvalue weighted by atomic mass is 32.2. The van der Waals surface area contributed by atoms with Crippen molar-refractivity contribution in [3.63, 3.8) is 0 Å². The molecule has 0 radical (unpaired) electrons. The van der Waals surface area contributed by atoms with Crippen molar-refractivity contribution in [1.82, 2.24) is 115 Å². The van der Waals surface area contributed by atoms with E-state index in [9.17, 15) is 126 Å². The lowest BCUT2D eigenvalue weighted by Gasteiger charge is -2.31. The summed E-state index contributed by atoms with van der Waals surface area (Å²) in [4.78, 5) is 315. The van der Waals surface area contributed by atoms with E-state index in [2.05, 4.69) is 100 Å². The van der Waals surface area contributed by atoms with Crippen LogP contribution < -0.4 is 113 Å². The Morgan fingerprint density at radius 3 is 1.42 bits per heavy atom. The maximum Gasteiger partial charge on any atom is 0.326 e. The van der Waals surface area contributed by atoms with Gasteiger partial charge in [0.1, 0.15) is 103 Å². The molecule has 0 saturated carbocycles. The molecule has 0 bridgehead atoms. The quantitative estimate of drug-likeness (QED) is 0.0164. The van der Waals surface area contributed by atoms with E-state index in [1.54, 1.807) is 82.4 Å². The minimum atomic E-state index is -2.10. The van der Waals surface area contributed by atoms with Crippen LogP contribution in [0.4, 0.5) is 0 Å². The van der Waals surface area contributed by atoms with Crippen molar-refractivity contribution >= 4 is 148 Å². The highest BCUT2D eigenvalue weighted by Crippen LogP contribution is 2.26. The molecule has 0 spiro atoms. The van der Waals surface area contributed by atoms with Gasteiger partial charge in [-0.2, -0.15) is 11.8 Å². The molecular weight excluding hydrogens is 1940 g/mol. The molecule has 20 amide bonds. The number of rotatable bonds is 64. The second-order valence-corrected chi connectivity index (χ2v) is 39.8. The van der Waals surface area contributed by atoms with Gasteiger partial charge in [-0.05, 0) is 151 Å². The lowest BCUT2D eigenvalue weighted by molar-refractivity contribution is -0.145. The average Bonchev–Trinajstić information content (AvgIpc) is 1.67. The van der Waals surface area contributed by atoms with Gasteiger partial charge >= 0.3 is 11.9 Å². The number of imidazole rings is 1. The number of aromatic nitrogens is 2. The fourth-order valence-corrected chi connectivity index (χ4v) is 17.1. The summed E-state index contributed by atoms with van der Waals surface area (Å²) in [5.41, 5.74) is 23.4. The number of aromatic amines is 1. The number of carboxylic acids is 2. The Bertz CT molecular complexity index is 4680. The van der Waals surface area contributed by atoms with Gasteiger partial charge in [0.25, 0.3) is 0 Å². The summed E-state index contributed by atoms with van der Waals surface area (Å²) >= 11 is 1.40. The number of carbonyl (C=O) groups excluding carboxylic acids is 20. The minimum absolute atomic E-state index is 0.00232. The zero-order chi connectivity index (χ0) is 111. The molecule has 1 aromatic heterocycles. The van der Waals surface area contributed by atoms with Gasteiger partial charge in [0, 0.05) is 44.5 Å². The number of unbranched alkanes of at least 4 members (excludes halogenated alkanes) is 1. The predicted molar refractivity (Wildman–Crippen MR) is 534 cm³/mol. The van der Waals surface area contributed by atoms with Gasteiger partial charge in [-0.1, -0.05) is 95.9 Å². The number of thioether (sulfide) groups is 1. The number of amides is 20. The molecule has 4 rings (SSSR count). The predicted octanol–water partition coefficient (Wildman–Crippen LogP) is -7.65. The molecule has 31 N–H and O–H groups in total. The fraction of sp³-hybridized carbons (Fsp3) is 0.720. The lowest BCUT2D eigenvalue weighted by Crippen LogP contribution is -2.63. The second kappa shape index (κ2) is 62.9. The van der Waals surface area contributed by atoms with E-state index in [1.165, 1.54) is 52.8 Å². The lowest BCUT2D eigenvalue weighted by atomic mass is 9.95. The van der Waals surface area contributed by atoms with Crippen molar-refractivity contribution in [3.8, 4) is 0 Å². The first-order valence-electron chi connectivity index (χ1n) is 49.9. The van der Waals surface area contributed by atoms with Gasteiger partial charge in [0.05, 0.1) is 51.0 Å². The average molecular weight is 2100 g/mol. The molecule has 3 aliphatic rings. The van der Waals surface area contributed by atoms with Crippen LogP contribution in [0.2, 0.25) is 0 Å². The third-order valence-electron chi connectivity index (χ3n) is 25.5. The second-order valence-electron chi connectivity index (χ2n) is 38.8. The molecule has 54 heteroatoms. The smallest absolute Gasteiger partial charge is 0.326 e. The standard InChI is InChI=1S/C93H157N27O26S/c1-16-49(11)72(115-79(132)59(38-65(96)123)109-85(138)70(47(7)8)113-83(136)64-28-22-33-119(64)90(143)54(95)37-53-40-99-44-103-53)87(140)111-61(43-121)80(133)117-74(52(14)122)89(142)110-60(39-68(126)127)78(131)108-58(36-45(3)4)77(130)104-51(13)75(128)112-71(48(9)10)86(139)116-73(50(12)17-2)88(141)114-69(46(5)6)84(137)101-41-66(124)105-55(24-18-19-30-94)76(129)102-42-67(125)118-32-21-26-62(118)81(134)106-56(29-35-147-15)91(144)120-34-23-27-63(120)82(135)107-57(92(145)146)25-20-31-100-93(97)98/h40,44-52,54-64,69-74,121-122H,16-39,41-43,94-95H2,1-15H3,(H2,96,123)(H,99,103)(H,101,137)(H,102,129)(H,104,130)(H,105,124)(H,106,134)(H,107,135)(H,108,131)(H,109,138)(H,110,142)(H,111,140)(H,112,128)(H,113,136)(H,114,141)(H,115,132)(H,116,139)(H,117,133)(H,126,127)(H,145,146)(H4,97,98,100)/t49-,50-,51-,52+,54-,55-,56-,57-,58-,59-,60-,61-,62-,63-,64-,69-,70-,71-,72-,73-,74-/m0/s1. The Morgan fingerprint density at radius 2 is 0.912 bits per heavy atom. The summed E-state index contributed by atoms with van der Waals surface area (Å²) in [5.74, 6) is -25.4. The van der Waals surface area contributed by atoms with Gasteiger partial charge < -0.3 is 153 Å². The molecule has 826 valence electrons. The van der Waals surface area contributed by atoms with E-state index in [-0.39, 0.29) is 109 Å². The molecule has 53 nitrogen and oxygen atoms in total. The number of guanidine groups is 1. The number of hydrogen-bond acceptors (Lipinski definition) is 29. The molecule has 4 heterocycles. The van der Waals surface area contributed by atoms with Crippen LogP contribution in [-0.2, 0) is 112 Å². The van der Waals surface area contributed by atoms with Crippen LogP contribution in [0.3, 0.4) is 0 Å². The first kappa shape index (κ1) is 126. The van der Waals surface area contributed by atoms with Gasteiger partial charge in [-0.15, -0.1) is 0 Å². The molecule has 0 aliphatic carbocycles. The third-order valence-corrected chi connectivity index (χ3v) is 26.1. The molecule has 3 fully saturated rings. The number of aliphatic hydroxyl groups excluding tert-OH is 2. The third kappa shape index (κ3) is 41.0. The maximum atomic E-state index is 14.4. The Kier molecular flexibility index (Phi) is 54.0. The summed E-state index contributed by atoms with van der Waals surface area (Å²) in [6.45, 7) is 19.7. The molecule has 21 atom stereocenters. The van der Waals surface area contributed by atoms with Crippen LogP contribution in [-0.4, -0.2) is 360 Å². The van der Waals surface area contributed by atoms with E-state index >= 15 is 0 Å². The van der Waals surface area contributed by atoms with Gasteiger partial charge in [0.2, 0.25) is 118 Å². The van der Waals surface area contributed by atoms with E-state index < -0.39 is 313 Å². The number of nitrogens with zero attached hydrogens (tertiary/aromatic N) is 4. The summed E-state index contributed by atoms with van der Waals surface area (Å²) in [6.07, 6.45) is 4.12. The van der Waals surface area contributed by atoms with Crippen molar-refractivity contribution in [1.29, 1.82) is 5.41 Å². The van der Waals surface area contributed by atoms with Crippen molar-refractivity contribution in [2.24, 2.45) is 58.4 Å². The summed E-state index contributed by atoms with van der Waals surface area (Å²) in [5, 5.41) is 91.0. The number of aliphatic carboxylic acids is 2. The summed E-state index contributed by atoms with van der Waals surface area (Å²) in [6, 6.07) is -26.2. The monoisotopic (exact) mass is 2100 g/mol. The molecule has 3 aliphatic heterocycles. The van der Waals surface area contributed by atoms with Crippen molar-refractivity contribution < 1.29 is 126 Å². The number of nitrogens with one attached hydrogen (secondary N) is 19. The van der Waals surface area contributed by atoms with Crippen LogP contribution in [0.15, 0.2) is 12.5 Å². The number of hydrogen-bond donors (Lipinski definition) is 27. The van der Waals surface area contributed by atoms with E-state index in [4.69, 9.17) is 28.3 Å². The SMILES string of the molecule is CC[C@H](C)[C@H](NC(=O)[C@H](CC(N)=O)NC(=O)[C@@H](NC(=O)[C@@H]1CCCN1C(=O)[C@@H](N)Cc1cnc[nH]1)C(C)C)C(=O)N[C@@H](CO)C(=O)N[C@H](C(=O)N[C@@H](CC(=O)O)C(=O)N[C@@H](CC(C)C)C(=O)N[C@@H](C)C(=O)N[C@H](C(=O)N[C@H](C(=O)N[C@H](C(=O)NCC(=O)N[C@@H](CCCCN)C(=O)NCC(=O)N1CCC[C@H]1C(=O)N[C@@H](CCSC)C(=O)N1CCC[C@H]1C(=O)N[C@@H](CCCNC(=N)N)C(=O)O)C(C)C)[C@@H](C)CC)C(C)C)[C@@H](C)O. The number of nitrogens with two attached hydrogens (primary N) is 4. The largest absolute Gasteiger partial charge is 0.481 e. The Labute approximate surface area is 858 Å². The topological polar surface area (TPSA) is 827 Å². The zero-order valence-corrected chi connectivity index (χ0v) is 87.3. The Balaban J connectivity index is 1.39. The number of carboxylic acid groups (broad SMARTS) is 2. The number of H-pyrrole nitrogens is 1. The molecule has 3 saturated heterocycles. The van der Waals surface area contributed by atoms with Crippen LogP contribution >= 0.6 is 11.8 Å². The Hall–Kier alpha value is -13.0. The zero-order valence-electron chi connectivity index (χ0n) is 86.5. The molecule has 147 heavy (non-hydrogen) atoms. The van der Waals surface area contributed by atoms with Crippen LogP contribution in [0.5, 0.6) is 0 Å². The van der Waals surface area contributed by atoms with Crippen molar-refractivity contribution in [2.45, 2.75) is 327 Å². The highest BCUT2D eigenvalue weighted by Gasteiger charge is 2.46. The fourth-order valence-electron chi connectivity index (χ4n) is 16.6. The van der Waals surface area contributed by atoms with Gasteiger partial charge in [0.15, 0.2) is 5.96 Å². The first-order valence-corrected chi connectivity index (χ1v) is 51.3. The summed E-state index contributed by atoms with van der Waals surface area (Å²) in [7, 11) is 0. The summed E-state index contributed by atoms with van der Waals surface area (Å²) < 4.78 is 0. The van der Waals surface area contributed by atoms with Crippen LogP contribution in [0.25, 0.3) is 0 Å². The number of primary amides is 1. The molecule has 0 aromatic carbocycles. The van der Waals surface area contributed by atoms with E-state index in [0.29, 0.717) is 43.6 Å². The normalized spacial score (nSPS) is 18.1. The number of likely N-dealkylation sites (tertiary alicyclic amines) is 3. The van der Waals surface area contributed by atoms with Crippen molar-refractivity contribution in [2.75, 3.05) is 64.4 Å². The van der Waals surface area contributed by atoms with E-state index in [0.717, 1.165) is 6.92 Å². The van der Waals surface area contributed by atoms with Gasteiger partial charge in [-0.25, -0.2) is 9.78 Å². The highest BCUT2D eigenvalue weighted by molar-refractivity contribution is 7.98. The molecule has 0 unspecified atom stereocenters. The number of carbonyl (C=O) groups is 22. The molecular formula is C93H157N27O26S. The number of aliphatic hydroxyl groups is 2. The maximum absolute atomic E-state index is 14.4. The minimum Gasteiger partial charge on any atom is -0.481 e. The molecule has 1 aromatic rings. The Morgan fingerprint density at radius 1 is 0.469 bits per heavy atom. The van der Waals surface area contributed by atoms with Crippen molar-refractivity contribution in [3.05, 3.63) is 18.2 Å².